The summed E-state index contributed by atoms with van der Waals surface area (Å²) in [5.74, 6) is 1.77. The minimum Gasteiger partial charge on any atom is -0.493 e. The van der Waals surface area contributed by atoms with Crippen LogP contribution in [0.5, 0.6) is 11.5 Å². The molecular formula is C12H19ClN2O3. The third kappa shape index (κ3) is 4.01. The maximum atomic E-state index is 5.83. The minimum atomic E-state index is 0.0781. The Balaban J connectivity index is 2.71. The lowest BCUT2D eigenvalue weighted by molar-refractivity contribution is 0.172. The summed E-state index contributed by atoms with van der Waals surface area (Å²) in [4.78, 5) is 4.27. The largest absolute Gasteiger partial charge is 0.493 e. The SMILES string of the molecule is COCC(CCl)NCc1nccc(OC)c1OC. The van der Waals surface area contributed by atoms with Crippen LogP contribution >= 0.6 is 11.6 Å². The number of halogens is 1. The molecule has 0 spiro atoms. The van der Waals surface area contributed by atoms with Crippen molar-refractivity contribution in [3.05, 3.63) is 18.0 Å². The molecule has 1 atom stereocenters. The van der Waals surface area contributed by atoms with Gasteiger partial charge in [0, 0.05) is 37.8 Å². The molecule has 0 aromatic carbocycles. The molecule has 0 aliphatic heterocycles. The first kappa shape index (κ1) is 15.0. The monoisotopic (exact) mass is 274 g/mol. The van der Waals surface area contributed by atoms with Gasteiger partial charge in [0.1, 0.15) is 0 Å². The van der Waals surface area contributed by atoms with Crippen LogP contribution < -0.4 is 14.8 Å². The first-order chi connectivity index (χ1) is 8.76. The van der Waals surface area contributed by atoms with Crippen LogP contribution in [0.2, 0.25) is 0 Å². The number of methoxy groups -OCH3 is 3. The highest BCUT2D eigenvalue weighted by molar-refractivity contribution is 6.18. The number of pyridine rings is 1. The van der Waals surface area contributed by atoms with E-state index in [9.17, 15) is 0 Å². The van der Waals surface area contributed by atoms with E-state index in [0.717, 1.165) is 5.69 Å². The molecule has 0 fully saturated rings. The van der Waals surface area contributed by atoms with E-state index in [2.05, 4.69) is 10.3 Å². The highest BCUT2D eigenvalue weighted by atomic mass is 35.5. The molecule has 0 saturated heterocycles. The Kier molecular flexibility index (Phi) is 6.78. The van der Waals surface area contributed by atoms with E-state index < -0.39 is 0 Å². The Bertz CT molecular complexity index is 363. The van der Waals surface area contributed by atoms with Crippen LogP contribution in [0.4, 0.5) is 0 Å². The van der Waals surface area contributed by atoms with E-state index >= 15 is 0 Å². The second-order valence-electron chi connectivity index (χ2n) is 3.68. The molecule has 0 aliphatic rings. The second-order valence-corrected chi connectivity index (χ2v) is 3.99. The standard InChI is InChI=1S/C12H19ClN2O3/c1-16-8-9(6-13)15-7-10-12(18-3)11(17-2)4-5-14-10/h4-5,9,15H,6-8H2,1-3H3. The summed E-state index contributed by atoms with van der Waals surface area (Å²) in [6, 6.07) is 1.84. The van der Waals surface area contributed by atoms with Crippen molar-refractivity contribution in [2.75, 3.05) is 33.8 Å². The quantitative estimate of drug-likeness (QED) is 0.727. The molecular weight excluding hydrogens is 256 g/mol. The molecule has 0 radical (unpaired) electrons. The van der Waals surface area contributed by atoms with Gasteiger partial charge in [-0.05, 0) is 0 Å². The summed E-state index contributed by atoms with van der Waals surface area (Å²) in [5.41, 5.74) is 0.781. The van der Waals surface area contributed by atoms with Crippen molar-refractivity contribution in [2.24, 2.45) is 0 Å². The topological polar surface area (TPSA) is 52.6 Å². The number of aromatic nitrogens is 1. The molecule has 1 rings (SSSR count). The van der Waals surface area contributed by atoms with E-state index in [-0.39, 0.29) is 6.04 Å². The molecule has 1 aromatic rings. The Morgan fingerprint density at radius 1 is 1.33 bits per heavy atom. The van der Waals surface area contributed by atoms with Crippen LogP contribution in [0.15, 0.2) is 12.3 Å². The minimum absolute atomic E-state index is 0.0781. The maximum Gasteiger partial charge on any atom is 0.183 e. The summed E-state index contributed by atoms with van der Waals surface area (Å²) in [6.07, 6.45) is 1.68. The van der Waals surface area contributed by atoms with Gasteiger partial charge in [-0.3, -0.25) is 4.98 Å². The lowest BCUT2D eigenvalue weighted by atomic mass is 10.2. The van der Waals surface area contributed by atoms with Crippen LogP contribution in [0.1, 0.15) is 5.69 Å². The smallest absolute Gasteiger partial charge is 0.183 e. The lowest BCUT2D eigenvalue weighted by Gasteiger charge is -2.16. The van der Waals surface area contributed by atoms with Gasteiger partial charge in [-0.15, -0.1) is 11.6 Å². The summed E-state index contributed by atoms with van der Waals surface area (Å²) in [6.45, 7) is 1.09. The molecule has 1 N–H and O–H groups in total. The van der Waals surface area contributed by atoms with Gasteiger partial charge < -0.3 is 19.5 Å². The van der Waals surface area contributed by atoms with E-state index in [0.29, 0.717) is 30.5 Å². The summed E-state index contributed by atoms with van der Waals surface area (Å²) in [5, 5.41) is 3.26. The lowest BCUT2D eigenvalue weighted by Crippen LogP contribution is -2.34. The number of hydrogen-bond acceptors (Lipinski definition) is 5. The maximum absolute atomic E-state index is 5.83. The fraction of sp³-hybridized carbons (Fsp3) is 0.583. The molecule has 102 valence electrons. The molecule has 1 heterocycles. The van der Waals surface area contributed by atoms with Crippen LogP contribution in [0.3, 0.4) is 0 Å². The molecule has 1 unspecified atom stereocenters. The highest BCUT2D eigenvalue weighted by Gasteiger charge is 2.13. The van der Waals surface area contributed by atoms with Gasteiger partial charge in [-0.2, -0.15) is 0 Å². The van der Waals surface area contributed by atoms with Gasteiger partial charge in [0.25, 0.3) is 0 Å². The summed E-state index contributed by atoms with van der Waals surface area (Å²) in [7, 11) is 4.84. The van der Waals surface area contributed by atoms with Crippen molar-refractivity contribution < 1.29 is 14.2 Å². The molecule has 0 amide bonds. The second kappa shape index (κ2) is 8.13. The van der Waals surface area contributed by atoms with Gasteiger partial charge in [-0.1, -0.05) is 0 Å². The molecule has 1 aromatic heterocycles. The molecule has 18 heavy (non-hydrogen) atoms. The summed E-state index contributed by atoms with van der Waals surface area (Å²) < 4.78 is 15.6. The third-order valence-corrected chi connectivity index (χ3v) is 2.85. The van der Waals surface area contributed by atoms with Gasteiger partial charge in [0.05, 0.1) is 26.5 Å². The molecule has 5 nitrogen and oxygen atoms in total. The Labute approximate surface area is 112 Å². The van der Waals surface area contributed by atoms with E-state index in [1.165, 1.54) is 0 Å². The van der Waals surface area contributed by atoms with Crippen molar-refractivity contribution >= 4 is 11.6 Å². The van der Waals surface area contributed by atoms with E-state index in [1.54, 1.807) is 33.6 Å². The Hall–Kier alpha value is -1.04. The first-order valence-corrected chi connectivity index (χ1v) is 6.14. The zero-order chi connectivity index (χ0) is 13.4. The average molecular weight is 275 g/mol. The van der Waals surface area contributed by atoms with Gasteiger partial charge in [0.2, 0.25) is 0 Å². The number of nitrogens with zero attached hydrogens (tertiary/aromatic N) is 1. The predicted molar refractivity (Wildman–Crippen MR) is 70.6 cm³/mol. The molecule has 6 heteroatoms. The van der Waals surface area contributed by atoms with Gasteiger partial charge >= 0.3 is 0 Å². The number of alkyl halides is 1. The number of hydrogen-bond donors (Lipinski definition) is 1. The number of rotatable bonds is 8. The van der Waals surface area contributed by atoms with Crippen molar-refractivity contribution in [3.8, 4) is 11.5 Å². The zero-order valence-electron chi connectivity index (χ0n) is 10.9. The Morgan fingerprint density at radius 2 is 2.11 bits per heavy atom. The van der Waals surface area contributed by atoms with Crippen molar-refractivity contribution in [1.29, 1.82) is 0 Å². The fourth-order valence-corrected chi connectivity index (χ4v) is 1.77. The van der Waals surface area contributed by atoms with Gasteiger partial charge in [0.15, 0.2) is 11.5 Å². The van der Waals surface area contributed by atoms with Crippen LogP contribution in [-0.2, 0) is 11.3 Å². The van der Waals surface area contributed by atoms with Crippen molar-refractivity contribution in [3.63, 3.8) is 0 Å². The van der Waals surface area contributed by atoms with E-state index in [1.807, 2.05) is 0 Å². The summed E-state index contributed by atoms with van der Waals surface area (Å²) >= 11 is 5.83. The Morgan fingerprint density at radius 3 is 2.67 bits per heavy atom. The van der Waals surface area contributed by atoms with Crippen molar-refractivity contribution in [1.82, 2.24) is 10.3 Å². The first-order valence-electron chi connectivity index (χ1n) is 5.61. The van der Waals surface area contributed by atoms with Crippen LogP contribution in [0.25, 0.3) is 0 Å². The average Bonchev–Trinajstić information content (AvgIpc) is 2.42. The van der Waals surface area contributed by atoms with Crippen LogP contribution in [0, 0.1) is 0 Å². The molecule has 0 aliphatic carbocycles. The zero-order valence-corrected chi connectivity index (χ0v) is 11.7. The fourth-order valence-electron chi connectivity index (χ4n) is 1.58. The van der Waals surface area contributed by atoms with E-state index in [4.69, 9.17) is 25.8 Å². The highest BCUT2D eigenvalue weighted by Crippen LogP contribution is 2.28. The number of nitrogens with one attached hydrogen (secondary N) is 1. The van der Waals surface area contributed by atoms with Crippen molar-refractivity contribution in [2.45, 2.75) is 12.6 Å². The third-order valence-electron chi connectivity index (χ3n) is 2.48. The molecule has 0 bridgehead atoms. The number of ether oxygens (including phenoxy) is 3. The predicted octanol–water partition coefficient (Wildman–Crippen LogP) is 1.44. The van der Waals surface area contributed by atoms with Gasteiger partial charge in [-0.25, -0.2) is 0 Å². The van der Waals surface area contributed by atoms with Crippen LogP contribution in [-0.4, -0.2) is 44.8 Å². The molecule has 0 saturated carbocycles. The normalized spacial score (nSPS) is 12.2.